The number of amides is 4. The van der Waals surface area contributed by atoms with Crippen LogP contribution in [0.25, 0.3) is 6.08 Å². The van der Waals surface area contributed by atoms with E-state index in [1.54, 1.807) is 0 Å². The fraction of sp³-hybridized carbons (Fsp3) is 0.0417. The highest BCUT2D eigenvalue weighted by Gasteiger charge is 2.37. The molecule has 0 aromatic heterocycles. The molecule has 3 aromatic rings. The number of rotatable bonds is 6. The number of anilines is 1. The summed E-state index contributed by atoms with van der Waals surface area (Å²) in [6, 6.07) is 10.5. The molecule has 4 amide bonds. The lowest BCUT2D eigenvalue weighted by molar-refractivity contribution is -0.385. The number of para-hydroxylation sites is 1. The molecule has 1 saturated heterocycles. The molecular formula is C24H13F3N4O8. The molecule has 1 aliphatic heterocycles. The van der Waals surface area contributed by atoms with Crippen LogP contribution in [0.15, 0.2) is 72.3 Å². The van der Waals surface area contributed by atoms with Crippen LogP contribution in [-0.2, 0) is 15.8 Å². The molecule has 0 radical (unpaired) electrons. The topological polar surface area (TPSA) is 162 Å². The minimum Gasteiger partial charge on any atom is -0.449 e. The van der Waals surface area contributed by atoms with Crippen molar-refractivity contribution in [3.63, 3.8) is 0 Å². The van der Waals surface area contributed by atoms with Gasteiger partial charge in [0.05, 0.1) is 21.1 Å². The highest BCUT2D eigenvalue weighted by atomic mass is 19.4. The van der Waals surface area contributed by atoms with Gasteiger partial charge < -0.3 is 4.74 Å². The number of nitrogens with zero attached hydrogens (tertiary/aromatic N) is 3. The van der Waals surface area contributed by atoms with Crippen molar-refractivity contribution in [2.45, 2.75) is 6.18 Å². The molecule has 39 heavy (non-hydrogen) atoms. The second kappa shape index (κ2) is 10.0. The number of carbonyl (C=O) groups is 3. The fourth-order valence-corrected chi connectivity index (χ4v) is 3.50. The largest absolute Gasteiger partial charge is 0.449 e. The predicted octanol–water partition coefficient (Wildman–Crippen LogP) is 4.98. The van der Waals surface area contributed by atoms with Crippen LogP contribution in [0.3, 0.4) is 0 Å². The van der Waals surface area contributed by atoms with Crippen molar-refractivity contribution in [3.05, 3.63) is 104 Å². The minimum absolute atomic E-state index is 0.0168. The maximum absolute atomic E-state index is 13.1. The van der Waals surface area contributed by atoms with Crippen molar-refractivity contribution < 1.29 is 42.1 Å². The lowest BCUT2D eigenvalue weighted by atomic mass is 10.1. The van der Waals surface area contributed by atoms with Crippen LogP contribution in [0.1, 0.15) is 11.1 Å². The number of hydrogen-bond acceptors (Lipinski definition) is 8. The molecule has 1 aliphatic rings. The Morgan fingerprint density at radius 2 is 1.54 bits per heavy atom. The van der Waals surface area contributed by atoms with Gasteiger partial charge >= 0.3 is 17.9 Å². The molecule has 0 atom stereocenters. The van der Waals surface area contributed by atoms with Crippen molar-refractivity contribution >= 4 is 41.0 Å². The summed E-state index contributed by atoms with van der Waals surface area (Å²) in [6.07, 6.45) is -3.82. The van der Waals surface area contributed by atoms with Gasteiger partial charge in [-0.05, 0) is 36.4 Å². The number of imide groups is 2. The number of nitro groups is 2. The standard InChI is InChI=1S/C24H13F3N4O8/c25-24(26,27)14-5-10-20(18(12-14)31(37)38)39-19-4-2-1-3-13(19)11-17-21(32)28-23(34)29(22(17)33)15-6-8-16(9-7-15)30(35)36/h1-12H,(H,28,32,34)/b17-11+. The Hall–Kier alpha value is -5.60. The van der Waals surface area contributed by atoms with E-state index in [1.807, 2.05) is 5.32 Å². The zero-order valence-corrected chi connectivity index (χ0v) is 19.2. The van der Waals surface area contributed by atoms with Crippen LogP contribution in [0.5, 0.6) is 11.5 Å². The Bertz CT molecular complexity index is 1570. The summed E-state index contributed by atoms with van der Waals surface area (Å²) in [7, 11) is 0. The van der Waals surface area contributed by atoms with Crippen LogP contribution in [0.2, 0.25) is 0 Å². The molecule has 0 saturated carbocycles. The van der Waals surface area contributed by atoms with E-state index in [2.05, 4.69) is 0 Å². The highest BCUT2D eigenvalue weighted by Crippen LogP contribution is 2.39. The van der Waals surface area contributed by atoms with Gasteiger partial charge in [-0.3, -0.25) is 35.1 Å². The number of hydrogen-bond donors (Lipinski definition) is 1. The SMILES string of the molecule is O=C1NC(=O)N(c2ccc([N+](=O)[O-])cc2)C(=O)/C1=C/c1ccccc1Oc1ccc(C(F)(F)F)cc1[N+](=O)[O-]. The molecule has 1 fully saturated rings. The Morgan fingerprint density at radius 3 is 2.15 bits per heavy atom. The fourth-order valence-electron chi connectivity index (χ4n) is 3.50. The van der Waals surface area contributed by atoms with E-state index in [-0.39, 0.29) is 22.7 Å². The van der Waals surface area contributed by atoms with E-state index in [9.17, 15) is 47.8 Å². The molecule has 0 spiro atoms. The number of carbonyl (C=O) groups excluding carboxylic acids is 3. The molecule has 15 heteroatoms. The van der Waals surface area contributed by atoms with Gasteiger partial charge in [0.2, 0.25) is 5.75 Å². The van der Waals surface area contributed by atoms with E-state index in [0.29, 0.717) is 17.0 Å². The van der Waals surface area contributed by atoms with Gasteiger partial charge in [0.15, 0.2) is 0 Å². The third-order valence-electron chi connectivity index (χ3n) is 5.34. The van der Waals surface area contributed by atoms with Gasteiger partial charge in [0.1, 0.15) is 11.3 Å². The van der Waals surface area contributed by atoms with Crippen molar-refractivity contribution in [3.8, 4) is 11.5 Å². The van der Waals surface area contributed by atoms with Crippen LogP contribution in [0, 0.1) is 20.2 Å². The lowest BCUT2D eigenvalue weighted by Crippen LogP contribution is -2.54. The van der Waals surface area contributed by atoms with Gasteiger partial charge in [-0.15, -0.1) is 0 Å². The Labute approximate surface area is 215 Å². The summed E-state index contributed by atoms with van der Waals surface area (Å²) in [5.41, 5.74) is -3.18. The molecule has 4 rings (SSSR count). The number of nitrogens with one attached hydrogen (secondary N) is 1. The van der Waals surface area contributed by atoms with E-state index in [1.165, 1.54) is 24.3 Å². The average molecular weight is 542 g/mol. The van der Waals surface area contributed by atoms with Gasteiger partial charge in [0, 0.05) is 23.8 Å². The average Bonchev–Trinajstić information content (AvgIpc) is 2.87. The van der Waals surface area contributed by atoms with Crippen LogP contribution >= 0.6 is 0 Å². The van der Waals surface area contributed by atoms with Crippen molar-refractivity contribution in [1.29, 1.82) is 0 Å². The monoisotopic (exact) mass is 542 g/mol. The number of nitro benzene ring substituents is 2. The number of non-ortho nitro benzene ring substituents is 1. The third-order valence-corrected chi connectivity index (χ3v) is 5.34. The summed E-state index contributed by atoms with van der Waals surface area (Å²) in [5, 5.41) is 24.3. The van der Waals surface area contributed by atoms with E-state index in [4.69, 9.17) is 4.74 Å². The maximum atomic E-state index is 13.1. The summed E-state index contributed by atoms with van der Waals surface area (Å²) in [4.78, 5) is 59.1. The summed E-state index contributed by atoms with van der Waals surface area (Å²) >= 11 is 0. The van der Waals surface area contributed by atoms with Crippen LogP contribution in [0.4, 0.5) is 35.0 Å². The number of alkyl halides is 3. The predicted molar refractivity (Wildman–Crippen MR) is 127 cm³/mol. The molecule has 0 aliphatic carbocycles. The normalized spacial score (nSPS) is 14.8. The Morgan fingerprint density at radius 1 is 0.872 bits per heavy atom. The minimum atomic E-state index is -4.84. The number of ether oxygens (including phenoxy) is 1. The third kappa shape index (κ3) is 5.41. The molecule has 198 valence electrons. The van der Waals surface area contributed by atoms with Gasteiger partial charge in [0.25, 0.3) is 17.5 Å². The van der Waals surface area contributed by atoms with Gasteiger partial charge in [-0.2, -0.15) is 13.2 Å². The van der Waals surface area contributed by atoms with Gasteiger partial charge in [-0.1, -0.05) is 18.2 Å². The van der Waals surface area contributed by atoms with Crippen molar-refractivity contribution in [2.24, 2.45) is 0 Å². The second-order valence-electron chi connectivity index (χ2n) is 7.81. The lowest BCUT2D eigenvalue weighted by Gasteiger charge is -2.26. The van der Waals surface area contributed by atoms with E-state index < -0.39 is 56.4 Å². The quantitative estimate of drug-likeness (QED) is 0.197. The first-order valence-corrected chi connectivity index (χ1v) is 10.6. The first-order chi connectivity index (χ1) is 18.4. The highest BCUT2D eigenvalue weighted by molar-refractivity contribution is 6.39. The number of barbiturate groups is 1. The summed E-state index contributed by atoms with van der Waals surface area (Å²) in [6.45, 7) is 0. The zero-order chi connectivity index (χ0) is 28.5. The molecule has 0 unspecified atom stereocenters. The van der Waals surface area contributed by atoms with E-state index in [0.717, 1.165) is 36.4 Å². The number of halogens is 3. The molecular weight excluding hydrogens is 529 g/mol. The molecule has 3 aromatic carbocycles. The Balaban J connectivity index is 1.71. The smallest absolute Gasteiger partial charge is 0.416 e. The molecule has 1 N–H and O–H groups in total. The molecule has 0 bridgehead atoms. The maximum Gasteiger partial charge on any atom is 0.416 e. The zero-order valence-electron chi connectivity index (χ0n) is 19.2. The molecule has 1 heterocycles. The van der Waals surface area contributed by atoms with Crippen LogP contribution in [-0.4, -0.2) is 27.7 Å². The number of benzene rings is 3. The first kappa shape index (κ1) is 26.5. The van der Waals surface area contributed by atoms with Crippen LogP contribution < -0.4 is 15.0 Å². The first-order valence-electron chi connectivity index (χ1n) is 10.6. The summed E-state index contributed by atoms with van der Waals surface area (Å²) in [5.74, 6) is -2.88. The van der Waals surface area contributed by atoms with E-state index >= 15 is 0 Å². The van der Waals surface area contributed by atoms with Crippen molar-refractivity contribution in [2.75, 3.05) is 4.90 Å². The Kier molecular flexibility index (Phi) is 6.81. The van der Waals surface area contributed by atoms with Gasteiger partial charge in [-0.25, -0.2) is 9.69 Å². The molecule has 12 nitrogen and oxygen atoms in total. The number of urea groups is 1. The second-order valence-corrected chi connectivity index (χ2v) is 7.81. The van der Waals surface area contributed by atoms with Crippen molar-refractivity contribution in [1.82, 2.24) is 5.32 Å². The summed E-state index contributed by atoms with van der Waals surface area (Å²) < 4.78 is 44.6.